The fourth-order valence-electron chi connectivity index (χ4n) is 5.74. The van der Waals surface area contributed by atoms with Crippen molar-refractivity contribution in [1.29, 1.82) is 0 Å². The number of alkyl halides is 1. The lowest BCUT2D eigenvalue weighted by molar-refractivity contribution is -0.139. The zero-order valence-corrected chi connectivity index (χ0v) is 21.5. The number of ketones is 1. The number of thiazole rings is 1. The van der Waals surface area contributed by atoms with Crippen molar-refractivity contribution in [3.8, 4) is 10.4 Å². The molecule has 2 saturated heterocycles. The highest BCUT2D eigenvalue weighted by atomic mass is 35.5. The van der Waals surface area contributed by atoms with Crippen LogP contribution in [-0.2, 0) is 14.3 Å². The number of carbonyl (C=O) groups is 3. The second-order valence-corrected chi connectivity index (χ2v) is 11.9. The molecule has 0 radical (unpaired) electrons. The molecule has 36 heavy (non-hydrogen) atoms. The molecule has 4 aliphatic rings. The minimum atomic E-state index is -0.722. The molecule has 0 spiro atoms. The van der Waals surface area contributed by atoms with Gasteiger partial charge in [-0.2, -0.15) is 0 Å². The molecule has 4 fully saturated rings. The van der Waals surface area contributed by atoms with Crippen LogP contribution in [0.2, 0.25) is 0 Å². The second-order valence-electron chi connectivity index (χ2n) is 10.3. The lowest BCUT2D eigenvalue weighted by atomic mass is 9.83. The van der Waals surface area contributed by atoms with Gasteiger partial charge in [0.05, 0.1) is 10.3 Å². The molecule has 2 amide bonds. The quantitative estimate of drug-likeness (QED) is 0.575. The van der Waals surface area contributed by atoms with Crippen LogP contribution >= 0.6 is 22.9 Å². The van der Waals surface area contributed by atoms with E-state index in [4.69, 9.17) is 16.3 Å². The number of pyridine rings is 1. The molecule has 8 nitrogen and oxygen atoms in total. The predicted octanol–water partition coefficient (Wildman–Crippen LogP) is 3.55. The van der Waals surface area contributed by atoms with E-state index in [1.165, 1.54) is 29.1 Å². The molecule has 1 unspecified atom stereocenters. The Bertz CT molecular complexity index is 1160. The standard InChI is InChI=1S/C26H29ClN4O4S/c27-17-12-31(22-19(32)13-35-23(17)22)26(34)21(15-4-2-1-3-5-15)30-24(33)25-29-11-20(36-25)16-8-9-18(28-10-16)14-6-7-14/h8-11,14-15,17,21-23H,1-7,12-13H2,(H,30,33)/t17-,21?,22+,23+/m0/s1. The van der Waals surface area contributed by atoms with E-state index in [9.17, 15) is 14.4 Å². The van der Waals surface area contributed by atoms with E-state index < -0.39 is 23.6 Å². The van der Waals surface area contributed by atoms with Crippen molar-refractivity contribution in [3.63, 3.8) is 0 Å². The smallest absolute Gasteiger partial charge is 0.280 e. The number of amides is 2. The van der Waals surface area contributed by atoms with E-state index in [1.54, 1.807) is 6.20 Å². The summed E-state index contributed by atoms with van der Waals surface area (Å²) in [5.41, 5.74) is 2.04. The third-order valence-electron chi connectivity index (χ3n) is 7.85. The average molecular weight is 529 g/mol. The van der Waals surface area contributed by atoms with Crippen LogP contribution in [0.4, 0.5) is 0 Å². The lowest BCUT2D eigenvalue weighted by Gasteiger charge is -2.34. The first-order valence-corrected chi connectivity index (χ1v) is 14.1. The zero-order chi connectivity index (χ0) is 24.8. The van der Waals surface area contributed by atoms with Crippen LogP contribution in [0.5, 0.6) is 0 Å². The van der Waals surface area contributed by atoms with Gasteiger partial charge in [-0.1, -0.05) is 25.3 Å². The van der Waals surface area contributed by atoms with Crippen molar-refractivity contribution < 1.29 is 19.1 Å². The molecular formula is C26H29ClN4O4S. The van der Waals surface area contributed by atoms with E-state index >= 15 is 0 Å². The largest absolute Gasteiger partial charge is 0.366 e. The van der Waals surface area contributed by atoms with Crippen LogP contribution < -0.4 is 5.32 Å². The van der Waals surface area contributed by atoms with Gasteiger partial charge in [0.15, 0.2) is 10.8 Å². The summed E-state index contributed by atoms with van der Waals surface area (Å²) >= 11 is 7.72. The summed E-state index contributed by atoms with van der Waals surface area (Å²) in [6, 6.07) is 2.68. The SMILES string of the molecule is O=C(NC(C(=O)N1C[C@H](Cl)[C@H]2OCC(=O)[C@H]21)C1CCCCC1)c1ncc(-c2ccc(C3CC3)nc2)s1. The number of hydrogen-bond acceptors (Lipinski definition) is 7. The van der Waals surface area contributed by atoms with Crippen molar-refractivity contribution in [2.75, 3.05) is 13.2 Å². The molecule has 10 heteroatoms. The summed E-state index contributed by atoms with van der Waals surface area (Å²) in [5, 5.41) is 2.86. The summed E-state index contributed by atoms with van der Waals surface area (Å²) in [4.78, 5) is 50.9. The Labute approximate surface area is 218 Å². The lowest BCUT2D eigenvalue weighted by Crippen LogP contribution is -2.55. The minimum Gasteiger partial charge on any atom is -0.366 e. The number of nitrogens with zero attached hydrogens (tertiary/aromatic N) is 3. The maximum atomic E-state index is 13.8. The first kappa shape index (κ1) is 24.0. The average Bonchev–Trinajstić information content (AvgIpc) is 3.35. The summed E-state index contributed by atoms with van der Waals surface area (Å²) in [6.07, 6.45) is 10.3. The van der Waals surface area contributed by atoms with Crippen molar-refractivity contribution in [3.05, 3.63) is 35.2 Å². The molecule has 2 aliphatic heterocycles. The third kappa shape index (κ3) is 4.57. The molecule has 2 aromatic rings. The monoisotopic (exact) mass is 528 g/mol. The molecule has 190 valence electrons. The van der Waals surface area contributed by atoms with Gasteiger partial charge in [0.2, 0.25) is 5.91 Å². The number of Topliss-reactive ketones (excluding diaryl/α,β-unsaturated/α-hetero) is 1. The third-order valence-corrected chi connectivity index (χ3v) is 9.28. The van der Waals surface area contributed by atoms with Gasteiger partial charge in [-0.25, -0.2) is 4.98 Å². The first-order chi connectivity index (χ1) is 17.5. The van der Waals surface area contributed by atoms with E-state index in [2.05, 4.69) is 15.3 Å². The second kappa shape index (κ2) is 9.84. The van der Waals surface area contributed by atoms with E-state index in [0.29, 0.717) is 10.9 Å². The summed E-state index contributed by atoms with van der Waals surface area (Å²) in [7, 11) is 0. The molecule has 0 bridgehead atoms. The van der Waals surface area contributed by atoms with Crippen LogP contribution in [0, 0.1) is 5.92 Å². The molecule has 2 aromatic heterocycles. The number of likely N-dealkylation sites (tertiary alicyclic amines) is 1. The molecule has 4 atom stereocenters. The Balaban J connectivity index is 1.20. The van der Waals surface area contributed by atoms with Gasteiger partial charge in [0, 0.05) is 36.1 Å². The summed E-state index contributed by atoms with van der Waals surface area (Å²) in [5.74, 6) is -0.147. The number of carbonyl (C=O) groups excluding carboxylic acids is 3. The van der Waals surface area contributed by atoms with Crippen LogP contribution in [0.15, 0.2) is 24.5 Å². The number of ether oxygens (including phenoxy) is 1. The first-order valence-electron chi connectivity index (χ1n) is 12.8. The highest BCUT2D eigenvalue weighted by Crippen LogP contribution is 2.39. The fraction of sp³-hybridized carbons (Fsp3) is 0.577. The Morgan fingerprint density at radius 3 is 2.64 bits per heavy atom. The van der Waals surface area contributed by atoms with E-state index in [1.807, 2.05) is 18.3 Å². The number of nitrogens with one attached hydrogen (secondary N) is 1. The molecule has 6 rings (SSSR count). The Kier molecular flexibility index (Phi) is 6.56. The van der Waals surface area contributed by atoms with Crippen LogP contribution in [0.3, 0.4) is 0 Å². The highest BCUT2D eigenvalue weighted by Gasteiger charge is 2.53. The Morgan fingerprint density at radius 1 is 1.11 bits per heavy atom. The number of halogens is 1. The normalized spacial score (nSPS) is 27.2. The molecule has 0 aromatic carbocycles. The molecular weight excluding hydrogens is 500 g/mol. The molecule has 2 saturated carbocycles. The minimum absolute atomic E-state index is 0.0130. The van der Waals surface area contributed by atoms with Gasteiger partial charge in [-0.05, 0) is 37.7 Å². The van der Waals surface area contributed by atoms with Crippen molar-refractivity contribution in [1.82, 2.24) is 20.2 Å². The van der Waals surface area contributed by atoms with Crippen molar-refractivity contribution in [2.24, 2.45) is 5.92 Å². The van der Waals surface area contributed by atoms with Gasteiger partial charge in [-0.3, -0.25) is 19.4 Å². The number of rotatable bonds is 6. The maximum absolute atomic E-state index is 13.8. The topological polar surface area (TPSA) is 101 Å². The van der Waals surface area contributed by atoms with Gasteiger partial charge in [-0.15, -0.1) is 22.9 Å². The number of fused-ring (bicyclic) bond motifs is 1. The van der Waals surface area contributed by atoms with Crippen LogP contribution in [0.1, 0.15) is 66.4 Å². The van der Waals surface area contributed by atoms with Crippen LogP contribution in [-0.4, -0.2) is 69.2 Å². The number of aromatic nitrogens is 2. The Morgan fingerprint density at radius 2 is 1.92 bits per heavy atom. The molecule has 2 aliphatic carbocycles. The summed E-state index contributed by atoms with van der Waals surface area (Å²) in [6.45, 7) is 0.215. The Hall–Kier alpha value is -2.36. The van der Waals surface area contributed by atoms with Gasteiger partial charge in [0.1, 0.15) is 24.8 Å². The van der Waals surface area contributed by atoms with Crippen LogP contribution in [0.25, 0.3) is 10.4 Å². The fourth-order valence-corrected chi connectivity index (χ4v) is 6.91. The zero-order valence-electron chi connectivity index (χ0n) is 19.9. The predicted molar refractivity (Wildman–Crippen MR) is 135 cm³/mol. The van der Waals surface area contributed by atoms with Gasteiger partial charge in [0.25, 0.3) is 5.91 Å². The number of hydrogen-bond donors (Lipinski definition) is 1. The highest BCUT2D eigenvalue weighted by molar-refractivity contribution is 7.17. The van der Waals surface area contributed by atoms with Gasteiger partial charge < -0.3 is 15.0 Å². The maximum Gasteiger partial charge on any atom is 0.280 e. The van der Waals surface area contributed by atoms with Crippen molar-refractivity contribution >= 4 is 40.5 Å². The van der Waals surface area contributed by atoms with E-state index in [-0.39, 0.29) is 36.7 Å². The van der Waals surface area contributed by atoms with Crippen molar-refractivity contribution in [2.45, 2.75) is 74.4 Å². The molecule has 4 heterocycles. The van der Waals surface area contributed by atoms with Gasteiger partial charge >= 0.3 is 0 Å². The van der Waals surface area contributed by atoms with E-state index in [0.717, 1.165) is 48.2 Å². The summed E-state index contributed by atoms with van der Waals surface area (Å²) < 4.78 is 5.55. The molecule has 1 N–H and O–H groups in total.